The average Bonchev–Trinajstić information content (AvgIpc) is 2.54. The maximum absolute atomic E-state index is 12.8. The Bertz CT molecular complexity index is 561. The number of hydrogen-bond donors (Lipinski definition) is 1. The molecule has 7 heteroatoms. The molecule has 0 aromatic heterocycles. The summed E-state index contributed by atoms with van der Waals surface area (Å²) in [4.78, 5) is 14.5. The number of hydrogen-bond acceptors (Lipinski definition) is 3. The number of ether oxygens (including phenoxy) is 1. The van der Waals surface area contributed by atoms with Crippen molar-refractivity contribution in [2.45, 2.75) is 25.9 Å². The van der Waals surface area contributed by atoms with Gasteiger partial charge in [0.25, 0.3) is 0 Å². The molecule has 0 radical (unpaired) electrons. The molecule has 1 unspecified atom stereocenters. The molecule has 0 bridgehead atoms. The first-order chi connectivity index (χ1) is 10.8. The van der Waals surface area contributed by atoms with Gasteiger partial charge in [-0.15, -0.1) is 0 Å². The molecular formula is C16H21F3N2O2. The van der Waals surface area contributed by atoms with Gasteiger partial charge in [-0.2, -0.15) is 13.2 Å². The average molecular weight is 330 g/mol. The van der Waals surface area contributed by atoms with Crippen molar-refractivity contribution in [2.75, 3.05) is 32.1 Å². The van der Waals surface area contributed by atoms with E-state index in [1.165, 1.54) is 13.2 Å². The van der Waals surface area contributed by atoms with Crippen LogP contribution in [-0.2, 0) is 11.0 Å². The first-order valence-electron chi connectivity index (χ1n) is 7.63. The van der Waals surface area contributed by atoms with Crippen LogP contribution >= 0.6 is 0 Å². The van der Waals surface area contributed by atoms with E-state index in [1.54, 1.807) is 0 Å². The number of rotatable bonds is 4. The summed E-state index contributed by atoms with van der Waals surface area (Å²) in [6, 6.07) is 3.07. The fraction of sp³-hybridized carbons (Fsp3) is 0.562. The van der Waals surface area contributed by atoms with Crippen LogP contribution in [0.2, 0.25) is 0 Å². The summed E-state index contributed by atoms with van der Waals surface area (Å²) in [5.74, 6) is -0.266. The third-order valence-electron chi connectivity index (χ3n) is 4.11. The molecule has 1 heterocycles. The zero-order valence-electron chi connectivity index (χ0n) is 13.2. The van der Waals surface area contributed by atoms with E-state index in [1.807, 2.05) is 6.92 Å². The van der Waals surface area contributed by atoms with Gasteiger partial charge >= 0.3 is 6.18 Å². The second-order valence-electron chi connectivity index (χ2n) is 5.63. The first kappa shape index (κ1) is 17.6. The van der Waals surface area contributed by atoms with Crippen LogP contribution in [-0.4, -0.2) is 37.6 Å². The number of piperidine rings is 1. The fourth-order valence-electron chi connectivity index (χ4n) is 2.77. The van der Waals surface area contributed by atoms with Gasteiger partial charge in [0.1, 0.15) is 5.75 Å². The Kier molecular flexibility index (Phi) is 5.51. The molecule has 1 N–H and O–H groups in total. The molecule has 1 atom stereocenters. The van der Waals surface area contributed by atoms with E-state index in [0.717, 1.165) is 38.1 Å². The Morgan fingerprint density at radius 2 is 2.17 bits per heavy atom. The van der Waals surface area contributed by atoms with E-state index >= 15 is 0 Å². The van der Waals surface area contributed by atoms with E-state index in [-0.39, 0.29) is 23.3 Å². The molecule has 1 aromatic carbocycles. The van der Waals surface area contributed by atoms with Crippen LogP contribution in [0.5, 0.6) is 5.75 Å². The van der Waals surface area contributed by atoms with Crippen LogP contribution in [0, 0.1) is 5.92 Å². The number of alkyl halides is 3. The summed E-state index contributed by atoms with van der Waals surface area (Å²) in [6.45, 7) is 4.46. The normalized spacial score (nSPS) is 19.4. The van der Waals surface area contributed by atoms with Gasteiger partial charge in [-0.3, -0.25) is 4.79 Å². The van der Waals surface area contributed by atoms with Crippen molar-refractivity contribution in [1.29, 1.82) is 0 Å². The van der Waals surface area contributed by atoms with Crippen LogP contribution in [0.4, 0.5) is 18.9 Å². The highest BCUT2D eigenvalue weighted by Gasteiger charge is 2.32. The lowest BCUT2D eigenvalue weighted by Crippen LogP contribution is -2.40. The van der Waals surface area contributed by atoms with Gasteiger partial charge in [0.05, 0.1) is 24.3 Å². The van der Waals surface area contributed by atoms with Gasteiger partial charge in [-0.1, -0.05) is 6.92 Å². The molecule has 4 nitrogen and oxygen atoms in total. The highest BCUT2D eigenvalue weighted by Crippen LogP contribution is 2.35. The molecule has 0 saturated carbocycles. The number of carbonyl (C=O) groups excluding carboxylic acids is 1. The van der Waals surface area contributed by atoms with Gasteiger partial charge in [0.2, 0.25) is 5.91 Å². The van der Waals surface area contributed by atoms with E-state index in [0.29, 0.717) is 6.54 Å². The van der Waals surface area contributed by atoms with Crippen molar-refractivity contribution in [2.24, 2.45) is 5.92 Å². The van der Waals surface area contributed by atoms with Crippen LogP contribution < -0.4 is 10.1 Å². The molecule has 1 amide bonds. The zero-order chi connectivity index (χ0) is 17.0. The molecule has 1 saturated heterocycles. The van der Waals surface area contributed by atoms with Crippen molar-refractivity contribution >= 4 is 11.6 Å². The minimum Gasteiger partial charge on any atom is -0.495 e. The third-order valence-corrected chi connectivity index (χ3v) is 4.11. The zero-order valence-corrected chi connectivity index (χ0v) is 13.2. The largest absolute Gasteiger partial charge is 0.495 e. The number of benzene rings is 1. The number of nitrogens with one attached hydrogen (secondary N) is 1. The number of amides is 1. The van der Waals surface area contributed by atoms with Crippen LogP contribution in [0.25, 0.3) is 0 Å². The Labute approximate surface area is 133 Å². The summed E-state index contributed by atoms with van der Waals surface area (Å²) in [6.07, 6.45) is -2.81. The van der Waals surface area contributed by atoms with Crippen molar-refractivity contribution < 1.29 is 22.7 Å². The monoisotopic (exact) mass is 330 g/mol. The predicted molar refractivity (Wildman–Crippen MR) is 81.5 cm³/mol. The van der Waals surface area contributed by atoms with E-state index in [2.05, 4.69) is 10.2 Å². The van der Waals surface area contributed by atoms with Crippen molar-refractivity contribution in [3.63, 3.8) is 0 Å². The minimum atomic E-state index is -4.46. The lowest BCUT2D eigenvalue weighted by Gasteiger charge is -2.31. The smallest absolute Gasteiger partial charge is 0.416 e. The lowest BCUT2D eigenvalue weighted by atomic mass is 9.97. The number of carbonyl (C=O) groups is 1. The van der Waals surface area contributed by atoms with Gasteiger partial charge in [-0.05, 0) is 44.1 Å². The fourth-order valence-corrected chi connectivity index (χ4v) is 2.77. The van der Waals surface area contributed by atoms with Crippen LogP contribution in [0.15, 0.2) is 18.2 Å². The predicted octanol–water partition coefficient (Wildman–Crippen LogP) is 3.38. The SMILES string of the molecule is CCN1CCCC(C(=O)Nc2cc(C(F)(F)F)ccc2OC)C1. The van der Waals surface area contributed by atoms with Gasteiger partial charge in [0, 0.05) is 6.54 Å². The standard InChI is InChI=1S/C16H21F3N2O2/c1-3-21-8-4-5-11(10-21)15(22)20-13-9-12(16(17,18)19)6-7-14(13)23-2/h6-7,9,11H,3-5,8,10H2,1-2H3,(H,20,22). The first-order valence-corrected chi connectivity index (χ1v) is 7.63. The topological polar surface area (TPSA) is 41.6 Å². The third kappa shape index (κ3) is 4.37. The summed E-state index contributed by atoms with van der Waals surface area (Å²) in [5, 5.41) is 2.60. The molecule has 2 rings (SSSR count). The Balaban J connectivity index is 2.16. The number of nitrogens with zero attached hydrogens (tertiary/aromatic N) is 1. The molecule has 128 valence electrons. The van der Waals surface area contributed by atoms with Crippen LogP contribution in [0.1, 0.15) is 25.3 Å². The Hall–Kier alpha value is -1.76. The van der Waals surface area contributed by atoms with Gasteiger partial charge in [0.15, 0.2) is 0 Å². The second kappa shape index (κ2) is 7.21. The van der Waals surface area contributed by atoms with E-state index in [4.69, 9.17) is 4.74 Å². The number of anilines is 1. The summed E-state index contributed by atoms with van der Waals surface area (Å²) >= 11 is 0. The second-order valence-corrected chi connectivity index (χ2v) is 5.63. The lowest BCUT2D eigenvalue weighted by molar-refractivity contribution is -0.137. The molecular weight excluding hydrogens is 309 g/mol. The molecule has 1 aliphatic rings. The van der Waals surface area contributed by atoms with Crippen molar-refractivity contribution in [3.05, 3.63) is 23.8 Å². The maximum atomic E-state index is 12.8. The van der Waals surface area contributed by atoms with Crippen molar-refractivity contribution in [1.82, 2.24) is 4.90 Å². The summed E-state index contributed by atoms with van der Waals surface area (Å²) in [5.41, 5.74) is -0.756. The van der Waals surface area contributed by atoms with E-state index < -0.39 is 11.7 Å². The van der Waals surface area contributed by atoms with Gasteiger partial charge < -0.3 is 15.0 Å². The van der Waals surface area contributed by atoms with Crippen molar-refractivity contribution in [3.8, 4) is 5.75 Å². The quantitative estimate of drug-likeness (QED) is 0.920. The molecule has 0 spiro atoms. The van der Waals surface area contributed by atoms with Crippen LogP contribution in [0.3, 0.4) is 0 Å². The number of methoxy groups -OCH3 is 1. The molecule has 1 aliphatic heterocycles. The Morgan fingerprint density at radius 3 is 2.78 bits per heavy atom. The molecule has 23 heavy (non-hydrogen) atoms. The molecule has 1 fully saturated rings. The summed E-state index contributed by atoms with van der Waals surface area (Å²) < 4.78 is 43.5. The highest BCUT2D eigenvalue weighted by atomic mass is 19.4. The minimum absolute atomic E-state index is 0.0564. The number of likely N-dealkylation sites (tertiary alicyclic amines) is 1. The maximum Gasteiger partial charge on any atom is 0.416 e. The van der Waals surface area contributed by atoms with E-state index in [9.17, 15) is 18.0 Å². The van der Waals surface area contributed by atoms with Gasteiger partial charge in [-0.25, -0.2) is 0 Å². The Morgan fingerprint density at radius 1 is 1.43 bits per heavy atom. The molecule has 0 aliphatic carbocycles. The highest BCUT2D eigenvalue weighted by molar-refractivity contribution is 5.94. The number of halogens is 3. The summed E-state index contributed by atoms with van der Waals surface area (Å²) in [7, 11) is 1.36. The molecule has 1 aromatic rings.